The van der Waals surface area contributed by atoms with Crippen LogP contribution in [0.15, 0.2) is 53.3 Å². The first-order valence-electron chi connectivity index (χ1n) is 6.81. The molecule has 1 aromatic carbocycles. The van der Waals surface area contributed by atoms with Crippen molar-refractivity contribution in [3.63, 3.8) is 0 Å². The van der Waals surface area contributed by atoms with Crippen LogP contribution < -0.4 is 0 Å². The van der Waals surface area contributed by atoms with Gasteiger partial charge in [0.2, 0.25) is 0 Å². The fourth-order valence-electron chi connectivity index (χ4n) is 2.08. The fraction of sp³-hybridized carbons (Fsp3) is 0.118. The van der Waals surface area contributed by atoms with Crippen molar-refractivity contribution in [3.05, 3.63) is 71.6 Å². The molecule has 0 aliphatic heterocycles. The normalized spacial score (nSPS) is 10.6. The third kappa shape index (κ3) is 3.03. The van der Waals surface area contributed by atoms with Gasteiger partial charge in [0.1, 0.15) is 17.7 Å². The summed E-state index contributed by atoms with van der Waals surface area (Å²) in [5, 5.41) is 8.82. The first-order valence-corrected chi connectivity index (χ1v) is 6.81. The van der Waals surface area contributed by atoms with Crippen molar-refractivity contribution in [2.45, 2.75) is 13.3 Å². The Morgan fingerprint density at radius 3 is 2.59 bits per heavy atom. The number of aryl methyl sites for hydroxylation is 1. The minimum Gasteiger partial charge on any atom is -0.477 e. The fourth-order valence-corrected chi connectivity index (χ4v) is 2.08. The zero-order valence-electron chi connectivity index (χ0n) is 12.0. The number of hydrogen-bond acceptors (Lipinski definition) is 4. The number of rotatable bonds is 4. The first kappa shape index (κ1) is 14.0. The molecule has 0 unspecified atom stereocenters. The zero-order valence-corrected chi connectivity index (χ0v) is 12.0. The largest absolute Gasteiger partial charge is 0.477 e. The van der Waals surface area contributed by atoms with Crippen LogP contribution in [0.3, 0.4) is 0 Å². The Hall–Kier alpha value is -2.95. The molecule has 0 spiro atoms. The van der Waals surface area contributed by atoms with Gasteiger partial charge < -0.3 is 9.52 Å². The predicted octanol–water partition coefficient (Wildman–Crippen LogP) is 3.33. The van der Waals surface area contributed by atoms with Gasteiger partial charge in [0, 0.05) is 11.8 Å². The Labute approximate surface area is 127 Å². The Morgan fingerprint density at radius 2 is 1.95 bits per heavy atom. The molecule has 0 aliphatic carbocycles. The van der Waals surface area contributed by atoms with E-state index < -0.39 is 5.97 Å². The molecular weight excluding hydrogens is 280 g/mol. The number of oxazole rings is 1. The molecule has 0 aliphatic rings. The van der Waals surface area contributed by atoms with Crippen LogP contribution in [0.1, 0.15) is 27.5 Å². The van der Waals surface area contributed by atoms with E-state index in [1.165, 1.54) is 17.8 Å². The molecule has 3 aromatic rings. The second kappa shape index (κ2) is 5.81. The molecule has 0 saturated carbocycles. The summed E-state index contributed by atoms with van der Waals surface area (Å²) >= 11 is 0. The molecule has 0 amide bonds. The smallest absolute Gasteiger partial charge is 0.354 e. The van der Waals surface area contributed by atoms with Gasteiger partial charge in [0.25, 0.3) is 0 Å². The van der Waals surface area contributed by atoms with Crippen molar-refractivity contribution in [2.75, 3.05) is 0 Å². The van der Waals surface area contributed by atoms with E-state index in [1.807, 2.05) is 31.2 Å². The van der Waals surface area contributed by atoms with Crippen molar-refractivity contribution in [3.8, 4) is 11.3 Å². The summed E-state index contributed by atoms with van der Waals surface area (Å²) in [6.07, 6.45) is 3.62. The van der Waals surface area contributed by atoms with Crippen LogP contribution in [0.2, 0.25) is 0 Å². The van der Waals surface area contributed by atoms with Crippen molar-refractivity contribution in [1.29, 1.82) is 0 Å². The van der Waals surface area contributed by atoms with E-state index in [1.54, 1.807) is 12.3 Å². The molecule has 22 heavy (non-hydrogen) atoms. The van der Waals surface area contributed by atoms with Gasteiger partial charge in [-0.2, -0.15) is 0 Å². The highest BCUT2D eigenvalue weighted by Crippen LogP contribution is 2.20. The van der Waals surface area contributed by atoms with Gasteiger partial charge in [-0.15, -0.1) is 0 Å². The van der Waals surface area contributed by atoms with Crippen LogP contribution in [-0.4, -0.2) is 21.0 Å². The molecule has 0 atom stereocenters. The molecule has 2 aromatic heterocycles. The van der Waals surface area contributed by atoms with Gasteiger partial charge in [-0.25, -0.2) is 14.8 Å². The predicted molar refractivity (Wildman–Crippen MR) is 80.7 cm³/mol. The number of carboxylic acid groups (broad SMARTS) is 1. The van der Waals surface area contributed by atoms with Crippen LogP contribution >= 0.6 is 0 Å². The summed E-state index contributed by atoms with van der Waals surface area (Å²) in [4.78, 5) is 19.1. The maximum Gasteiger partial charge on any atom is 0.354 e. The number of pyridine rings is 1. The highest BCUT2D eigenvalue weighted by molar-refractivity contribution is 5.85. The highest BCUT2D eigenvalue weighted by Gasteiger charge is 2.09. The van der Waals surface area contributed by atoms with Gasteiger partial charge in [-0.3, -0.25) is 0 Å². The van der Waals surface area contributed by atoms with Crippen molar-refractivity contribution >= 4 is 5.97 Å². The van der Waals surface area contributed by atoms with Crippen LogP contribution in [0.25, 0.3) is 11.3 Å². The van der Waals surface area contributed by atoms with Gasteiger partial charge in [-0.1, -0.05) is 35.9 Å². The lowest BCUT2D eigenvalue weighted by Crippen LogP contribution is -2.00. The monoisotopic (exact) mass is 294 g/mol. The summed E-state index contributed by atoms with van der Waals surface area (Å²) in [7, 11) is 0. The van der Waals surface area contributed by atoms with Gasteiger partial charge in [0.15, 0.2) is 5.89 Å². The number of hydrogen-bond donors (Lipinski definition) is 1. The minimum atomic E-state index is -1.04. The van der Waals surface area contributed by atoms with Crippen LogP contribution in [0.4, 0.5) is 0 Å². The lowest BCUT2D eigenvalue weighted by Gasteiger charge is -1.98. The quantitative estimate of drug-likeness (QED) is 0.798. The maximum absolute atomic E-state index is 10.8. The zero-order chi connectivity index (χ0) is 15.5. The van der Waals surface area contributed by atoms with E-state index in [2.05, 4.69) is 9.97 Å². The van der Waals surface area contributed by atoms with E-state index in [-0.39, 0.29) is 5.69 Å². The molecule has 5 heteroatoms. The molecule has 3 rings (SSSR count). The molecule has 0 saturated heterocycles. The maximum atomic E-state index is 10.8. The Kier molecular flexibility index (Phi) is 3.70. The SMILES string of the molecule is Cc1ccc(-c2coc(Cc3ccc(C(=O)O)nc3)n2)cc1. The standard InChI is InChI=1S/C17H14N2O3/c1-11-2-5-13(6-3-11)15-10-22-16(19-15)8-12-4-7-14(17(20)21)18-9-12/h2-7,9-10H,8H2,1H3,(H,20,21). The van der Waals surface area contributed by atoms with Gasteiger partial charge >= 0.3 is 5.97 Å². The Balaban J connectivity index is 1.76. The number of aromatic nitrogens is 2. The topological polar surface area (TPSA) is 76.2 Å². The second-order valence-corrected chi connectivity index (χ2v) is 5.03. The highest BCUT2D eigenvalue weighted by atomic mass is 16.4. The molecule has 1 N–H and O–H groups in total. The number of aromatic carboxylic acids is 1. The first-order chi connectivity index (χ1) is 10.6. The minimum absolute atomic E-state index is 0.0245. The van der Waals surface area contributed by atoms with Crippen molar-refractivity contribution < 1.29 is 14.3 Å². The van der Waals surface area contributed by atoms with Crippen LogP contribution in [0, 0.1) is 6.92 Å². The molecular formula is C17H14N2O3. The lowest BCUT2D eigenvalue weighted by atomic mass is 10.1. The van der Waals surface area contributed by atoms with Gasteiger partial charge in [-0.05, 0) is 18.6 Å². The molecule has 0 bridgehead atoms. The molecule has 2 heterocycles. The van der Waals surface area contributed by atoms with E-state index in [9.17, 15) is 4.79 Å². The van der Waals surface area contributed by atoms with Crippen LogP contribution in [-0.2, 0) is 6.42 Å². The van der Waals surface area contributed by atoms with Gasteiger partial charge in [0.05, 0.1) is 6.42 Å². The van der Waals surface area contributed by atoms with Crippen molar-refractivity contribution in [1.82, 2.24) is 9.97 Å². The van der Waals surface area contributed by atoms with E-state index in [0.717, 1.165) is 16.8 Å². The third-order valence-electron chi connectivity index (χ3n) is 3.30. The number of nitrogens with zero attached hydrogens (tertiary/aromatic N) is 2. The summed E-state index contributed by atoms with van der Waals surface area (Å²) in [6.45, 7) is 2.03. The Bertz CT molecular complexity index is 790. The summed E-state index contributed by atoms with van der Waals surface area (Å²) < 4.78 is 5.48. The van der Waals surface area contributed by atoms with E-state index in [4.69, 9.17) is 9.52 Å². The molecule has 110 valence electrons. The summed E-state index contributed by atoms with van der Waals surface area (Å²) in [5.74, 6) is -0.468. The Morgan fingerprint density at radius 1 is 1.18 bits per heavy atom. The molecule has 0 fully saturated rings. The van der Waals surface area contributed by atoms with Crippen molar-refractivity contribution in [2.24, 2.45) is 0 Å². The van der Waals surface area contributed by atoms with E-state index >= 15 is 0 Å². The number of carboxylic acids is 1. The average Bonchev–Trinajstić information content (AvgIpc) is 2.97. The average molecular weight is 294 g/mol. The number of carbonyl (C=O) groups is 1. The van der Waals surface area contributed by atoms with E-state index in [0.29, 0.717) is 12.3 Å². The second-order valence-electron chi connectivity index (χ2n) is 5.03. The summed E-state index contributed by atoms with van der Waals surface area (Å²) in [5.41, 5.74) is 3.85. The summed E-state index contributed by atoms with van der Waals surface area (Å²) in [6, 6.07) is 11.2. The number of benzene rings is 1. The molecule has 5 nitrogen and oxygen atoms in total. The lowest BCUT2D eigenvalue weighted by molar-refractivity contribution is 0.0690. The molecule has 0 radical (unpaired) electrons. The van der Waals surface area contributed by atoms with Crippen LogP contribution in [0.5, 0.6) is 0 Å². The third-order valence-corrected chi connectivity index (χ3v) is 3.30.